The number of hydrogen-bond donors (Lipinski definition) is 2. The molecule has 0 amide bonds. The van der Waals surface area contributed by atoms with Crippen LogP contribution in [0.1, 0.15) is 37.9 Å². The fourth-order valence-electron chi connectivity index (χ4n) is 2.17. The van der Waals surface area contributed by atoms with Crippen LogP contribution >= 0.6 is 11.5 Å². The Morgan fingerprint density at radius 2 is 2.35 bits per heavy atom. The fraction of sp³-hybridized carbons (Fsp3) is 0.818. The van der Waals surface area contributed by atoms with E-state index in [0.717, 1.165) is 24.0 Å². The van der Waals surface area contributed by atoms with Crippen LogP contribution in [0.25, 0.3) is 0 Å². The number of hydrogen-bond acceptors (Lipinski definition) is 6. The Hall–Kier alpha value is -0.720. The molecule has 1 heterocycles. The number of nitrogens with zero attached hydrogens (tertiary/aromatic N) is 2. The van der Waals surface area contributed by atoms with Crippen LogP contribution in [-0.2, 0) is 4.74 Å². The Balaban J connectivity index is 1.60. The summed E-state index contributed by atoms with van der Waals surface area (Å²) in [6.07, 6.45) is 3.63. The van der Waals surface area contributed by atoms with Crippen LogP contribution < -0.4 is 11.1 Å². The molecule has 6 heteroatoms. The van der Waals surface area contributed by atoms with E-state index in [1.54, 1.807) is 0 Å². The van der Waals surface area contributed by atoms with Crippen LogP contribution in [0.2, 0.25) is 0 Å². The van der Waals surface area contributed by atoms with Crippen molar-refractivity contribution in [2.24, 2.45) is 5.73 Å². The van der Waals surface area contributed by atoms with Crippen molar-refractivity contribution in [2.45, 2.75) is 50.3 Å². The first-order chi connectivity index (χ1) is 8.28. The molecule has 2 fully saturated rings. The Kier molecular flexibility index (Phi) is 3.02. The van der Waals surface area contributed by atoms with Crippen LogP contribution in [0, 0.1) is 0 Å². The van der Waals surface area contributed by atoms with E-state index < -0.39 is 0 Å². The molecule has 3 rings (SSSR count). The molecule has 0 radical (unpaired) electrons. The van der Waals surface area contributed by atoms with Gasteiger partial charge in [-0.1, -0.05) is 0 Å². The minimum absolute atomic E-state index is 0.167. The lowest BCUT2D eigenvalue weighted by Gasteiger charge is -2.42. The number of ether oxygens (including phenoxy) is 1. The molecular formula is C11H18N4OS. The Morgan fingerprint density at radius 1 is 1.53 bits per heavy atom. The van der Waals surface area contributed by atoms with Gasteiger partial charge in [0, 0.05) is 30.1 Å². The number of anilines is 1. The van der Waals surface area contributed by atoms with Gasteiger partial charge >= 0.3 is 0 Å². The van der Waals surface area contributed by atoms with E-state index in [1.807, 2.05) is 6.92 Å². The summed E-state index contributed by atoms with van der Waals surface area (Å²) in [7, 11) is 0. The van der Waals surface area contributed by atoms with E-state index in [0.29, 0.717) is 5.92 Å². The number of rotatable bonds is 5. The molecule has 94 valence electrons. The van der Waals surface area contributed by atoms with Crippen molar-refractivity contribution in [3.63, 3.8) is 0 Å². The van der Waals surface area contributed by atoms with Gasteiger partial charge in [-0.15, -0.1) is 0 Å². The molecule has 0 aromatic carbocycles. The van der Waals surface area contributed by atoms with Crippen molar-refractivity contribution in [1.29, 1.82) is 0 Å². The summed E-state index contributed by atoms with van der Waals surface area (Å²) in [6.45, 7) is 2.75. The van der Waals surface area contributed by atoms with E-state index in [4.69, 9.17) is 10.5 Å². The highest BCUT2D eigenvalue weighted by molar-refractivity contribution is 7.09. The summed E-state index contributed by atoms with van der Waals surface area (Å²) in [5.74, 6) is 1.61. The molecular weight excluding hydrogens is 236 g/mol. The van der Waals surface area contributed by atoms with Crippen LogP contribution in [0.5, 0.6) is 0 Å². The molecule has 1 aromatic heterocycles. The first kappa shape index (κ1) is 11.4. The molecule has 1 aromatic rings. The SMILES string of the molecule is CCOC1CC(N)C1Nc1nc(C2CC2)ns1. The molecule has 5 nitrogen and oxygen atoms in total. The van der Waals surface area contributed by atoms with Crippen molar-refractivity contribution in [2.75, 3.05) is 11.9 Å². The van der Waals surface area contributed by atoms with E-state index >= 15 is 0 Å². The summed E-state index contributed by atoms with van der Waals surface area (Å²) in [5.41, 5.74) is 5.98. The third kappa shape index (κ3) is 2.29. The Bertz CT molecular complexity index is 391. The van der Waals surface area contributed by atoms with Crippen LogP contribution in [0.3, 0.4) is 0 Å². The fourth-order valence-corrected chi connectivity index (χ4v) is 2.86. The largest absolute Gasteiger partial charge is 0.376 e. The summed E-state index contributed by atoms with van der Waals surface area (Å²) >= 11 is 1.43. The second kappa shape index (κ2) is 4.51. The molecule has 0 saturated heterocycles. The maximum absolute atomic E-state index is 5.98. The Labute approximate surface area is 105 Å². The third-order valence-corrected chi connectivity index (χ3v) is 4.08. The van der Waals surface area contributed by atoms with Gasteiger partial charge in [0.2, 0.25) is 5.13 Å². The normalized spacial score (nSPS) is 32.2. The molecule has 3 atom stereocenters. The quantitative estimate of drug-likeness (QED) is 0.829. The van der Waals surface area contributed by atoms with Gasteiger partial charge < -0.3 is 15.8 Å². The van der Waals surface area contributed by atoms with Crippen molar-refractivity contribution in [3.8, 4) is 0 Å². The summed E-state index contributed by atoms with van der Waals surface area (Å²) in [5, 5.41) is 4.25. The zero-order chi connectivity index (χ0) is 11.8. The highest BCUT2D eigenvalue weighted by Gasteiger charge is 2.40. The average Bonchev–Trinajstić information content (AvgIpc) is 3.06. The lowest BCUT2D eigenvalue weighted by atomic mass is 9.83. The van der Waals surface area contributed by atoms with Crippen LogP contribution in [0.4, 0.5) is 5.13 Å². The van der Waals surface area contributed by atoms with Crippen molar-refractivity contribution in [1.82, 2.24) is 9.36 Å². The monoisotopic (exact) mass is 254 g/mol. The van der Waals surface area contributed by atoms with Gasteiger partial charge in [-0.3, -0.25) is 0 Å². The first-order valence-corrected chi connectivity index (χ1v) is 7.02. The highest BCUT2D eigenvalue weighted by atomic mass is 32.1. The summed E-state index contributed by atoms with van der Waals surface area (Å²) < 4.78 is 9.99. The minimum atomic E-state index is 0.167. The average molecular weight is 254 g/mol. The molecule has 17 heavy (non-hydrogen) atoms. The van der Waals surface area contributed by atoms with Crippen LogP contribution in [-0.4, -0.2) is 34.2 Å². The maximum atomic E-state index is 5.98. The lowest BCUT2D eigenvalue weighted by Crippen LogP contribution is -2.60. The highest BCUT2D eigenvalue weighted by Crippen LogP contribution is 2.39. The van der Waals surface area contributed by atoms with Gasteiger partial charge in [0.25, 0.3) is 0 Å². The summed E-state index contributed by atoms with van der Waals surface area (Å²) in [4.78, 5) is 4.51. The zero-order valence-corrected chi connectivity index (χ0v) is 10.7. The maximum Gasteiger partial charge on any atom is 0.202 e. The Morgan fingerprint density at radius 3 is 3.00 bits per heavy atom. The molecule has 0 spiro atoms. The van der Waals surface area contributed by atoms with Gasteiger partial charge in [0.15, 0.2) is 0 Å². The standard InChI is InChI=1S/C11H18N4OS/c1-2-16-8-5-7(12)9(8)13-11-14-10(15-17-11)6-3-4-6/h6-9H,2-5,12H2,1H3,(H,13,14,15). The van der Waals surface area contributed by atoms with Crippen molar-refractivity contribution in [3.05, 3.63) is 5.82 Å². The van der Waals surface area contributed by atoms with Crippen LogP contribution in [0.15, 0.2) is 0 Å². The molecule has 0 bridgehead atoms. The predicted octanol–water partition coefficient (Wildman–Crippen LogP) is 1.33. The molecule has 2 aliphatic carbocycles. The van der Waals surface area contributed by atoms with Gasteiger partial charge in [0.05, 0.1) is 12.1 Å². The predicted molar refractivity (Wildman–Crippen MR) is 67.3 cm³/mol. The molecule has 2 aliphatic rings. The van der Waals surface area contributed by atoms with Crippen molar-refractivity contribution >= 4 is 16.7 Å². The number of nitrogens with two attached hydrogens (primary N) is 1. The second-order valence-electron chi connectivity index (χ2n) is 4.80. The van der Waals surface area contributed by atoms with E-state index in [-0.39, 0.29) is 18.2 Å². The molecule has 2 saturated carbocycles. The van der Waals surface area contributed by atoms with Gasteiger partial charge in [-0.2, -0.15) is 4.37 Å². The molecule has 3 unspecified atom stereocenters. The number of nitrogens with one attached hydrogen (secondary N) is 1. The van der Waals surface area contributed by atoms with Gasteiger partial charge in [-0.05, 0) is 26.2 Å². The number of aromatic nitrogens is 2. The van der Waals surface area contributed by atoms with E-state index in [9.17, 15) is 0 Å². The van der Waals surface area contributed by atoms with Gasteiger partial charge in [0.1, 0.15) is 5.82 Å². The third-order valence-electron chi connectivity index (χ3n) is 3.42. The summed E-state index contributed by atoms with van der Waals surface area (Å²) in [6, 6.07) is 0.356. The first-order valence-electron chi connectivity index (χ1n) is 6.25. The van der Waals surface area contributed by atoms with Crippen molar-refractivity contribution < 1.29 is 4.74 Å². The van der Waals surface area contributed by atoms with E-state index in [1.165, 1.54) is 24.4 Å². The minimum Gasteiger partial charge on any atom is -0.376 e. The lowest BCUT2D eigenvalue weighted by molar-refractivity contribution is -0.0126. The van der Waals surface area contributed by atoms with E-state index in [2.05, 4.69) is 14.7 Å². The molecule has 0 aliphatic heterocycles. The van der Waals surface area contributed by atoms with Gasteiger partial charge in [-0.25, -0.2) is 4.98 Å². The zero-order valence-electron chi connectivity index (χ0n) is 9.93. The second-order valence-corrected chi connectivity index (χ2v) is 5.55. The smallest absolute Gasteiger partial charge is 0.202 e. The molecule has 3 N–H and O–H groups in total. The topological polar surface area (TPSA) is 73.1 Å².